The molecule has 0 aliphatic carbocycles. The van der Waals surface area contributed by atoms with E-state index in [-0.39, 0.29) is 31.1 Å². The smallest absolute Gasteiger partial charge is 0.306 e. The van der Waals surface area contributed by atoms with Crippen molar-refractivity contribution in [2.75, 3.05) is 13.2 Å². The Hall–Kier alpha value is -3.93. The van der Waals surface area contributed by atoms with Crippen molar-refractivity contribution in [1.82, 2.24) is 0 Å². The van der Waals surface area contributed by atoms with Gasteiger partial charge in [-0.05, 0) is 109 Å². The Balaban J connectivity index is 4.28. The monoisotopic (exact) mass is 1050 g/mol. The number of carbonyl (C=O) groups is 3. The first-order valence-electron chi connectivity index (χ1n) is 31.9. The van der Waals surface area contributed by atoms with Crippen LogP contribution in [0.4, 0.5) is 0 Å². The number of ether oxygens (including phenoxy) is 3. The van der Waals surface area contributed by atoms with Crippen LogP contribution in [0.5, 0.6) is 0 Å². The highest BCUT2D eigenvalue weighted by Gasteiger charge is 2.19. The Labute approximate surface area is 470 Å². The van der Waals surface area contributed by atoms with Crippen LogP contribution in [0.15, 0.2) is 109 Å². The molecule has 0 spiro atoms. The fourth-order valence-corrected chi connectivity index (χ4v) is 8.75. The molecule has 0 bridgehead atoms. The summed E-state index contributed by atoms with van der Waals surface area (Å²) in [5.74, 6) is -0.892. The van der Waals surface area contributed by atoms with Gasteiger partial charge in [0, 0.05) is 19.3 Å². The molecule has 434 valence electrons. The summed E-state index contributed by atoms with van der Waals surface area (Å²) in [5.41, 5.74) is 0. The molecule has 0 N–H and O–H groups in total. The van der Waals surface area contributed by atoms with Crippen LogP contribution in [0.1, 0.15) is 297 Å². The number of esters is 3. The lowest BCUT2D eigenvalue weighted by Gasteiger charge is -2.18. The minimum Gasteiger partial charge on any atom is -0.462 e. The first-order chi connectivity index (χ1) is 37.5. The third-order valence-electron chi connectivity index (χ3n) is 13.5. The standard InChI is InChI=1S/C70H118O6/c1-4-7-10-13-16-19-22-24-26-28-30-31-32-33-34-35-36-37-38-39-41-42-44-46-48-51-54-57-60-63-69(72)75-66-67(65-74-68(71)62-59-56-53-50-21-18-15-12-9-6-3)76-70(73)64-61-58-55-52-49-47-45-43-40-29-27-25-23-20-17-14-11-8-5-2/h7,10,16-17,19-20,24-27,30-31,33-34,36-37,39,41,67H,4-6,8-9,11-15,18,21-23,28-29,32,35,38,40,42-66H2,1-3H3/b10-7-,19-16-,20-17-,26-24-,27-25-,31-30-,34-33-,37-36-,41-39-. The average molecular weight is 1060 g/mol. The first-order valence-corrected chi connectivity index (χ1v) is 31.9. The van der Waals surface area contributed by atoms with Crippen LogP contribution < -0.4 is 0 Å². The fourth-order valence-electron chi connectivity index (χ4n) is 8.75. The van der Waals surface area contributed by atoms with Crippen LogP contribution >= 0.6 is 0 Å². The van der Waals surface area contributed by atoms with Gasteiger partial charge in [0.25, 0.3) is 0 Å². The van der Waals surface area contributed by atoms with Crippen LogP contribution in [-0.4, -0.2) is 37.2 Å². The maximum atomic E-state index is 12.9. The molecule has 0 heterocycles. The molecule has 0 amide bonds. The number of unbranched alkanes of at least 4 members (excludes halogenated alkanes) is 28. The second kappa shape index (κ2) is 63.6. The number of allylic oxidation sites excluding steroid dienone is 18. The summed E-state index contributed by atoms with van der Waals surface area (Å²) in [6.07, 6.45) is 86.6. The van der Waals surface area contributed by atoms with Crippen molar-refractivity contribution in [3.05, 3.63) is 109 Å². The molecule has 0 radical (unpaired) electrons. The van der Waals surface area contributed by atoms with Gasteiger partial charge < -0.3 is 14.2 Å². The van der Waals surface area contributed by atoms with Gasteiger partial charge in [0.15, 0.2) is 6.10 Å². The van der Waals surface area contributed by atoms with Gasteiger partial charge in [-0.15, -0.1) is 0 Å². The van der Waals surface area contributed by atoms with Gasteiger partial charge in [0.05, 0.1) is 0 Å². The van der Waals surface area contributed by atoms with Crippen LogP contribution in [0, 0.1) is 0 Å². The molecular weight excluding hydrogens is 937 g/mol. The van der Waals surface area contributed by atoms with Crippen LogP contribution in [0.2, 0.25) is 0 Å². The Morgan fingerprint density at radius 2 is 0.513 bits per heavy atom. The Bertz CT molecular complexity index is 1540. The molecule has 0 aliphatic rings. The highest BCUT2D eigenvalue weighted by molar-refractivity contribution is 5.71. The molecule has 0 saturated carbocycles. The molecule has 0 aromatic heterocycles. The maximum absolute atomic E-state index is 12.9. The largest absolute Gasteiger partial charge is 0.462 e. The molecule has 0 aliphatic heterocycles. The Morgan fingerprint density at radius 1 is 0.276 bits per heavy atom. The van der Waals surface area contributed by atoms with Crippen molar-refractivity contribution >= 4 is 17.9 Å². The lowest BCUT2D eigenvalue weighted by molar-refractivity contribution is -0.167. The third kappa shape index (κ3) is 60.9. The average Bonchev–Trinajstić information content (AvgIpc) is 3.42. The lowest BCUT2D eigenvalue weighted by Crippen LogP contribution is -2.30. The van der Waals surface area contributed by atoms with E-state index in [1.54, 1.807) is 0 Å². The van der Waals surface area contributed by atoms with E-state index < -0.39 is 6.10 Å². The molecule has 0 aromatic rings. The fraction of sp³-hybridized carbons (Fsp3) is 0.700. The van der Waals surface area contributed by atoms with Crippen LogP contribution in [0.25, 0.3) is 0 Å². The lowest BCUT2D eigenvalue weighted by atomic mass is 10.1. The summed E-state index contributed by atoms with van der Waals surface area (Å²) >= 11 is 0. The van der Waals surface area contributed by atoms with E-state index in [0.717, 1.165) is 116 Å². The molecule has 0 saturated heterocycles. The van der Waals surface area contributed by atoms with Gasteiger partial charge in [0.2, 0.25) is 0 Å². The van der Waals surface area contributed by atoms with E-state index in [4.69, 9.17) is 14.2 Å². The summed E-state index contributed by atoms with van der Waals surface area (Å²) in [7, 11) is 0. The zero-order valence-corrected chi connectivity index (χ0v) is 49.7. The molecule has 0 fully saturated rings. The third-order valence-corrected chi connectivity index (χ3v) is 13.5. The van der Waals surface area contributed by atoms with Crippen molar-refractivity contribution in [1.29, 1.82) is 0 Å². The highest BCUT2D eigenvalue weighted by Crippen LogP contribution is 2.16. The van der Waals surface area contributed by atoms with Gasteiger partial charge in [-0.3, -0.25) is 14.4 Å². The Morgan fingerprint density at radius 3 is 0.829 bits per heavy atom. The van der Waals surface area contributed by atoms with E-state index in [0.29, 0.717) is 19.3 Å². The summed E-state index contributed by atoms with van der Waals surface area (Å²) in [4.78, 5) is 38.2. The topological polar surface area (TPSA) is 78.9 Å². The van der Waals surface area contributed by atoms with Crippen LogP contribution in [0.3, 0.4) is 0 Å². The van der Waals surface area contributed by atoms with Gasteiger partial charge in [0.1, 0.15) is 13.2 Å². The van der Waals surface area contributed by atoms with E-state index in [9.17, 15) is 14.4 Å². The molecule has 0 aromatic carbocycles. The van der Waals surface area contributed by atoms with E-state index >= 15 is 0 Å². The van der Waals surface area contributed by atoms with E-state index in [2.05, 4.69) is 130 Å². The number of hydrogen-bond acceptors (Lipinski definition) is 6. The number of carbonyl (C=O) groups excluding carboxylic acids is 3. The normalized spacial score (nSPS) is 12.8. The molecule has 6 heteroatoms. The van der Waals surface area contributed by atoms with Crippen molar-refractivity contribution in [3.63, 3.8) is 0 Å². The quantitative estimate of drug-likeness (QED) is 0.0261. The second-order valence-electron chi connectivity index (χ2n) is 20.9. The zero-order chi connectivity index (χ0) is 55.0. The van der Waals surface area contributed by atoms with Crippen molar-refractivity contribution < 1.29 is 28.6 Å². The SMILES string of the molecule is CC/C=C\C/C=C\C/C=C\C/C=C\C/C=C\C/C=C\C/C=C\CCCCCCCCCC(=O)OCC(COC(=O)CCCCCCCCCCCC)OC(=O)CCCCCCCCCCC/C=C\C/C=C\CCCCC. The highest BCUT2D eigenvalue weighted by atomic mass is 16.6. The van der Waals surface area contributed by atoms with Crippen molar-refractivity contribution in [2.24, 2.45) is 0 Å². The Kier molecular flexibility index (Phi) is 60.3. The maximum Gasteiger partial charge on any atom is 0.306 e. The van der Waals surface area contributed by atoms with Gasteiger partial charge in [-0.25, -0.2) is 0 Å². The van der Waals surface area contributed by atoms with Crippen molar-refractivity contribution in [2.45, 2.75) is 303 Å². The minimum atomic E-state index is -0.785. The van der Waals surface area contributed by atoms with E-state index in [1.165, 1.54) is 141 Å². The second-order valence-corrected chi connectivity index (χ2v) is 20.9. The predicted octanol–water partition coefficient (Wildman–Crippen LogP) is 21.8. The van der Waals surface area contributed by atoms with Gasteiger partial charge in [-0.1, -0.05) is 278 Å². The molecule has 0 rings (SSSR count). The summed E-state index contributed by atoms with van der Waals surface area (Å²) in [6.45, 7) is 6.49. The summed E-state index contributed by atoms with van der Waals surface area (Å²) in [5, 5.41) is 0. The van der Waals surface area contributed by atoms with Gasteiger partial charge in [-0.2, -0.15) is 0 Å². The molecule has 76 heavy (non-hydrogen) atoms. The van der Waals surface area contributed by atoms with Gasteiger partial charge >= 0.3 is 17.9 Å². The molecular formula is C70H118O6. The number of rotatable bonds is 57. The minimum absolute atomic E-state index is 0.0816. The molecule has 1 atom stereocenters. The van der Waals surface area contributed by atoms with Crippen LogP contribution in [-0.2, 0) is 28.6 Å². The summed E-state index contributed by atoms with van der Waals surface area (Å²) in [6, 6.07) is 0. The first kappa shape index (κ1) is 72.1. The summed E-state index contributed by atoms with van der Waals surface area (Å²) < 4.78 is 16.9. The van der Waals surface area contributed by atoms with E-state index in [1.807, 2.05) is 0 Å². The van der Waals surface area contributed by atoms with Crippen molar-refractivity contribution in [3.8, 4) is 0 Å². The zero-order valence-electron chi connectivity index (χ0n) is 49.7. The molecule has 6 nitrogen and oxygen atoms in total. The predicted molar refractivity (Wildman–Crippen MR) is 330 cm³/mol. The number of hydrogen-bond donors (Lipinski definition) is 0. The molecule has 1 unspecified atom stereocenters.